The predicted molar refractivity (Wildman–Crippen MR) is 103 cm³/mol. The molecule has 0 atom stereocenters. The van der Waals surface area contributed by atoms with Gasteiger partial charge in [-0.2, -0.15) is 11.8 Å². The van der Waals surface area contributed by atoms with Crippen molar-refractivity contribution in [3.8, 4) is 5.75 Å². The van der Waals surface area contributed by atoms with Crippen LogP contribution >= 0.6 is 23.4 Å². The lowest BCUT2D eigenvalue weighted by Crippen LogP contribution is -2.25. The van der Waals surface area contributed by atoms with Gasteiger partial charge in [0.05, 0.1) is 12.8 Å². The summed E-state index contributed by atoms with van der Waals surface area (Å²) < 4.78 is 18.9. The smallest absolute Gasteiger partial charge is 0.136 e. The number of pyridine rings is 1. The van der Waals surface area contributed by atoms with Crippen molar-refractivity contribution in [1.29, 1.82) is 0 Å². The van der Waals surface area contributed by atoms with E-state index in [2.05, 4.69) is 9.98 Å². The molecule has 1 aliphatic rings. The first kappa shape index (κ1) is 17.8. The van der Waals surface area contributed by atoms with Crippen LogP contribution < -0.4 is 9.64 Å². The van der Waals surface area contributed by atoms with Crippen LogP contribution in [0.2, 0.25) is 5.15 Å². The Hall–Kier alpha value is -2.05. The van der Waals surface area contributed by atoms with Crippen molar-refractivity contribution in [2.24, 2.45) is 4.99 Å². The van der Waals surface area contributed by atoms with E-state index < -0.39 is 0 Å². The highest BCUT2D eigenvalue weighted by Crippen LogP contribution is 2.34. The molecular weight excluding hydrogens is 361 g/mol. The van der Waals surface area contributed by atoms with Crippen LogP contribution in [-0.2, 0) is 5.75 Å². The molecule has 7 heteroatoms. The number of halogens is 2. The van der Waals surface area contributed by atoms with Crippen molar-refractivity contribution in [2.75, 3.05) is 24.9 Å². The minimum absolute atomic E-state index is 0.347. The van der Waals surface area contributed by atoms with Gasteiger partial charge in [-0.1, -0.05) is 11.6 Å². The van der Waals surface area contributed by atoms with E-state index in [1.165, 1.54) is 19.2 Å². The number of thioether (sulfide) groups is 1. The average Bonchev–Trinajstić information content (AvgIpc) is 2.61. The topological polar surface area (TPSA) is 37.7 Å². The molecule has 0 aliphatic carbocycles. The Morgan fingerprint density at radius 1 is 1.32 bits per heavy atom. The molecule has 1 aromatic carbocycles. The van der Waals surface area contributed by atoms with Crippen molar-refractivity contribution >= 4 is 41.1 Å². The number of aliphatic imine (C=N–C) groups is 1. The number of anilines is 1. The van der Waals surface area contributed by atoms with E-state index in [0.717, 1.165) is 22.6 Å². The molecule has 130 valence electrons. The third-order valence-corrected chi connectivity index (χ3v) is 4.53. The highest BCUT2D eigenvalue weighted by Gasteiger charge is 2.21. The van der Waals surface area contributed by atoms with E-state index in [-0.39, 0.29) is 5.82 Å². The molecule has 0 N–H and O–H groups in total. The van der Waals surface area contributed by atoms with E-state index in [1.807, 2.05) is 29.4 Å². The maximum atomic E-state index is 13.5. The molecule has 0 radical (unpaired) electrons. The SMILES string of the molecule is COc1cc(F)ccc1C1=CC=NCN1c1cc(CSC)cc(Cl)n1. The minimum Gasteiger partial charge on any atom is -0.496 e. The highest BCUT2D eigenvalue weighted by atomic mass is 35.5. The molecule has 4 nitrogen and oxygen atoms in total. The van der Waals surface area contributed by atoms with E-state index in [0.29, 0.717) is 23.4 Å². The molecule has 3 rings (SSSR count). The normalized spacial score (nSPS) is 13.8. The van der Waals surface area contributed by atoms with Gasteiger partial charge in [0.1, 0.15) is 29.2 Å². The number of allylic oxidation sites excluding steroid dienone is 1. The van der Waals surface area contributed by atoms with E-state index in [9.17, 15) is 4.39 Å². The second kappa shape index (κ2) is 7.89. The van der Waals surface area contributed by atoms with Crippen LogP contribution in [0.5, 0.6) is 5.75 Å². The summed E-state index contributed by atoms with van der Waals surface area (Å²) >= 11 is 7.91. The third-order valence-electron chi connectivity index (χ3n) is 3.72. The first-order chi connectivity index (χ1) is 12.1. The second-order valence-electron chi connectivity index (χ2n) is 5.39. The van der Waals surface area contributed by atoms with E-state index >= 15 is 0 Å². The summed E-state index contributed by atoms with van der Waals surface area (Å²) in [5, 5.41) is 0.432. The lowest BCUT2D eigenvalue weighted by molar-refractivity contribution is 0.410. The van der Waals surface area contributed by atoms with Gasteiger partial charge in [0.15, 0.2) is 0 Å². The first-order valence-corrected chi connectivity index (χ1v) is 9.36. The van der Waals surface area contributed by atoms with Gasteiger partial charge < -0.3 is 9.64 Å². The third kappa shape index (κ3) is 3.96. The zero-order chi connectivity index (χ0) is 17.8. The Balaban J connectivity index is 2.05. The van der Waals surface area contributed by atoms with Gasteiger partial charge in [-0.25, -0.2) is 9.37 Å². The van der Waals surface area contributed by atoms with E-state index in [4.69, 9.17) is 16.3 Å². The van der Waals surface area contributed by atoms with Gasteiger partial charge in [-0.15, -0.1) is 0 Å². The first-order valence-electron chi connectivity index (χ1n) is 7.59. The van der Waals surface area contributed by atoms with Crippen LogP contribution in [0.15, 0.2) is 41.4 Å². The molecule has 1 aromatic heterocycles. The van der Waals surface area contributed by atoms with Gasteiger partial charge in [0, 0.05) is 23.6 Å². The fraction of sp³-hybridized carbons (Fsp3) is 0.222. The Morgan fingerprint density at radius 2 is 2.16 bits per heavy atom. The summed E-state index contributed by atoms with van der Waals surface area (Å²) in [6, 6.07) is 8.32. The molecule has 0 spiro atoms. The summed E-state index contributed by atoms with van der Waals surface area (Å²) in [6.45, 7) is 0.401. The summed E-state index contributed by atoms with van der Waals surface area (Å²) in [7, 11) is 1.52. The average molecular weight is 378 g/mol. The van der Waals surface area contributed by atoms with Crippen molar-refractivity contribution in [3.63, 3.8) is 0 Å². The van der Waals surface area contributed by atoms with Crippen LogP contribution in [0.1, 0.15) is 11.1 Å². The zero-order valence-electron chi connectivity index (χ0n) is 13.9. The van der Waals surface area contributed by atoms with Gasteiger partial charge in [-0.3, -0.25) is 4.99 Å². The Labute approximate surface area is 155 Å². The molecule has 0 saturated carbocycles. The quantitative estimate of drug-likeness (QED) is 0.712. The van der Waals surface area contributed by atoms with Gasteiger partial charge in [-0.05, 0) is 42.2 Å². The Bertz CT molecular complexity index is 841. The van der Waals surface area contributed by atoms with Gasteiger partial charge >= 0.3 is 0 Å². The zero-order valence-corrected chi connectivity index (χ0v) is 15.4. The highest BCUT2D eigenvalue weighted by molar-refractivity contribution is 7.97. The monoisotopic (exact) mass is 377 g/mol. The number of nitrogens with zero attached hydrogens (tertiary/aromatic N) is 3. The standard InChI is InChI=1S/C18H17ClFN3OS/c1-24-16-9-13(20)3-4-14(16)15-5-6-21-11-23(15)18-8-12(10-25-2)7-17(19)22-18/h3-9H,10-11H2,1-2H3. The number of hydrogen-bond acceptors (Lipinski definition) is 5. The number of benzene rings is 1. The second-order valence-corrected chi connectivity index (χ2v) is 6.64. The molecule has 0 saturated heterocycles. The van der Waals surface area contributed by atoms with Crippen molar-refractivity contribution in [2.45, 2.75) is 5.75 Å². The summed E-state index contributed by atoms with van der Waals surface area (Å²) in [6.07, 6.45) is 5.62. The Kier molecular flexibility index (Phi) is 5.60. The maximum absolute atomic E-state index is 13.5. The number of aromatic nitrogens is 1. The van der Waals surface area contributed by atoms with Crippen molar-refractivity contribution in [3.05, 3.63) is 58.5 Å². The largest absolute Gasteiger partial charge is 0.496 e. The molecule has 0 fully saturated rings. The summed E-state index contributed by atoms with van der Waals surface area (Å²) in [5.41, 5.74) is 2.68. The molecular formula is C18H17ClFN3OS. The van der Waals surface area contributed by atoms with Crippen molar-refractivity contribution < 1.29 is 9.13 Å². The molecule has 0 bridgehead atoms. The van der Waals surface area contributed by atoms with E-state index in [1.54, 1.807) is 24.0 Å². The number of ether oxygens (including phenoxy) is 1. The van der Waals surface area contributed by atoms with Gasteiger partial charge in [0.2, 0.25) is 0 Å². The number of methoxy groups -OCH3 is 1. The molecule has 2 heterocycles. The summed E-state index contributed by atoms with van der Waals surface area (Å²) in [5.74, 6) is 1.65. The van der Waals surface area contributed by atoms with Crippen LogP contribution in [-0.4, -0.2) is 31.2 Å². The van der Waals surface area contributed by atoms with Crippen LogP contribution in [0, 0.1) is 5.82 Å². The van der Waals surface area contributed by atoms with Crippen LogP contribution in [0.3, 0.4) is 0 Å². The maximum Gasteiger partial charge on any atom is 0.136 e. The molecule has 1 aliphatic heterocycles. The summed E-state index contributed by atoms with van der Waals surface area (Å²) in [4.78, 5) is 10.7. The predicted octanol–water partition coefficient (Wildman–Crippen LogP) is 4.64. The van der Waals surface area contributed by atoms with Gasteiger partial charge in [0.25, 0.3) is 0 Å². The van der Waals surface area contributed by atoms with Crippen LogP contribution in [0.25, 0.3) is 5.70 Å². The minimum atomic E-state index is -0.347. The molecule has 2 aromatic rings. The number of hydrogen-bond donors (Lipinski definition) is 0. The molecule has 0 unspecified atom stereocenters. The molecule has 25 heavy (non-hydrogen) atoms. The Morgan fingerprint density at radius 3 is 2.92 bits per heavy atom. The lowest BCUT2D eigenvalue weighted by Gasteiger charge is -2.28. The van der Waals surface area contributed by atoms with Crippen molar-refractivity contribution in [1.82, 2.24) is 4.98 Å². The fourth-order valence-corrected chi connectivity index (χ4v) is 3.38. The molecule has 0 amide bonds. The fourth-order valence-electron chi connectivity index (χ4n) is 2.65. The number of rotatable bonds is 5. The lowest BCUT2D eigenvalue weighted by atomic mass is 10.1. The van der Waals surface area contributed by atoms with Crippen LogP contribution in [0.4, 0.5) is 10.2 Å².